The first-order valence-electron chi connectivity index (χ1n) is 3.53. The third-order valence-corrected chi connectivity index (χ3v) is 1.56. The molecule has 3 nitrogen and oxygen atoms in total. The monoisotopic (exact) mass is 153 g/mol. The van der Waals surface area contributed by atoms with Crippen LogP contribution in [0, 0.1) is 0 Å². The van der Waals surface area contributed by atoms with Gasteiger partial charge < -0.3 is 10.1 Å². The van der Waals surface area contributed by atoms with Crippen molar-refractivity contribution < 1.29 is 5.11 Å². The molecule has 0 aliphatic carbocycles. The summed E-state index contributed by atoms with van der Waals surface area (Å²) in [5, 5.41) is 9.24. The third-order valence-electron chi connectivity index (χ3n) is 1.56. The van der Waals surface area contributed by atoms with Crippen LogP contribution in [0.1, 0.15) is 25.3 Å². The van der Waals surface area contributed by atoms with Crippen LogP contribution in [0.25, 0.3) is 0 Å². The quantitative estimate of drug-likeness (QED) is 0.637. The molecule has 0 saturated heterocycles. The number of aromatic nitrogens is 1. The van der Waals surface area contributed by atoms with E-state index in [4.69, 9.17) is 0 Å². The Labute approximate surface area is 64.7 Å². The highest BCUT2D eigenvalue weighted by molar-refractivity contribution is 5.30. The number of hydrogen-bond donors (Lipinski definition) is 2. The summed E-state index contributed by atoms with van der Waals surface area (Å²) < 4.78 is 0. The van der Waals surface area contributed by atoms with E-state index < -0.39 is 0 Å². The Kier molecular flexibility index (Phi) is 1.98. The molecule has 0 aliphatic heterocycles. The van der Waals surface area contributed by atoms with Crippen LogP contribution in [0.15, 0.2) is 17.1 Å². The van der Waals surface area contributed by atoms with Crippen LogP contribution in [-0.2, 0) is 0 Å². The van der Waals surface area contributed by atoms with Crippen LogP contribution in [0.4, 0.5) is 0 Å². The van der Waals surface area contributed by atoms with Gasteiger partial charge in [-0.3, -0.25) is 4.79 Å². The molecule has 1 rings (SSSR count). The van der Waals surface area contributed by atoms with Crippen molar-refractivity contribution in [2.24, 2.45) is 0 Å². The van der Waals surface area contributed by atoms with Crippen LogP contribution in [-0.4, -0.2) is 10.1 Å². The van der Waals surface area contributed by atoms with Crippen LogP contribution in [0.3, 0.4) is 0 Å². The van der Waals surface area contributed by atoms with E-state index in [2.05, 4.69) is 4.98 Å². The summed E-state index contributed by atoms with van der Waals surface area (Å²) in [6, 6.07) is 1.19. The fraction of sp³-hybridized carbons (Fsp3) is 0.375. The maximum absolute atomic E-state index is 10.6. The Morgan fingerprint density at radius 2 is 2.18 bits per heavy atom. The van der Waals surface area contributed by atoms with E-state index in [0.717, 1.165) is 5.56 Å². The average Bonchev–Trinajstić information content (AvgIpc) is 1.85. The Bertz CT molecular complexity index is 301. The first kappa shape index (κ1) is 7.85. The van der Waals surface area contributed by atoms with Gasteiger partial charge >= 0.3 is 0 Å². The van der Waals surface area contributed by atoms with Gasteiger partial charge in [0.25, 0.3) is 5.56 Å². The van der Waals surface area contributed by atoms with Gasteiger partial charge in [-0.05, 0) is 5.92 Å². The molecule has 60 valence electrons. The normalized spacial score (nSPS) is 10.5. The summed E-state index contributed by atoms with van der Waals surface area (Å²) >= 11 is 0. The van der Waals surface area contributed by atoms with Gasteiger partial charge in [0.15, 0.2) is 0 Å². The number of hydrogen-bond acceptors (Lipinski definition) is 2. The maximum atomic E-state index is 10.6. The molecule has 0 radical (unpaired) electrons. The number of H-pyrrole nitrogens is 1. The average molecular weight is 153 g/mol. The fourth-order valence-corrected chi connectivity index (χ4v) is 0.934. The minimum atomic E-state index is -0.271. The lowest BCUT2D eigenvalue weighted by Crippen LogP contribution is -2.04. The Hall–Kier alpha value is -1.25. The lowest BCUT2D eigenvalue weighted by atomic mass is 10.1. The van der Waals surface area contributed by atoms with Gasteiger partial charge in [0, 0.05) is 17.8 Å². The van der Waals surface area contributed by atoms with Gasteiger partial charge in [0.2, 0.25) is 0 Å². The molecular weight excluding hydrogens is 142 g/mol. The van der Waals surface area contributed by atoms with Crippen molar-refractivity contribution >= 4 is 0 Å². The van der Waals surface area contributed by atoms with E-state index in [1.807, 2.05) is 13.8 Å². The number of pyridine rings is 1. The summed E-state index contributed by atoms with van der Waals surface area (Å²) in [6.07, 6.45) is 1.54. The molecule has 0 amide bonds. The highest BCUT2D eigenvalue weighted by atomic mass is 16.3. The minimum Gasteiger partial charge on any atom is -0.507 e. The van der Waals surface area contributed by atoms with E-state index in [-0.39, 0.29) is 17.2 Å². The van der Waals surface area contributed by atoms with Crippen LogP contribution in [0.5, 0.6) is 5.75 Å². The first-order valence-corrected chi connectivity index (χ1v) is 3.53. The highest BCUT2D eigenvalue weighted by Crippen LogP contribution is 2.21. The van der Waals surface area contributed by atoms with Crippen molar-refractivity contribution in [3.63, 3.8) is 0 Å². The summed E-state index contributed by atoms with van der Waals surface area (Å²) in [5.41, 5.74) is 0.497. The zero-order valence-corrected chi connectivity index (χ0v) is 6.59. The van der Waals surface area contributed by atoms with E-state index in [1.54, 1.807) is 6.20 Å². The summed E-state index contributed by atoms with van der Waals surface area (Å²) in [7, 11) is 0. The molecule has 1 aromatic heterocycles. The molecule has 2 N–H and O–H groups in total. The number of rotatable bonds is 1. The van der Waals surface area contributed by atoms with Crippen molar-refractivity contribution in [2.75, 3.05) is 0 Å². The molecule has 1 heterocycles. The van der Waals surface area contributed by atoms with E-state index in [0.29, 0.717) is 0 Å². The second kappa shape index (κ2) is 2.78. The van der Waals surface area contributed by atoms with Crippen LogP contribution < -0.4 is 5.56 Å². The zero-order chi connectivity index (χ0) is 8.43. The molecule has 1 aromatic rings. The van der Waals surface area contributed by atoms with Crippen LogP contribution >= 0.6 is 0 Å². The standard InChI is InChI=1S/C8H11NO2/c1-5(2)6-4-9-8(11)3-7(6)10/h3-5H,1-2H3,(H2,9,10,11). The molecule has 0 bridgehead atoms. The molecule has 0 spiro atoms. The minimum absolute atomic E-state index is 0.0729. The second-order valence-corrected chi connectivity index (χ2v) is 2.79. The van der Waals surface area contributed by atoms with E-state index in [9.17, 15) is 9.90 Å². The van der Waals surface area contributed by atoms with Crippen molar-refractivity contribution in [3.05, 3.63) is 28.2 Å². The Morgan fingerprint density at radius 3 is 2.64 bits per heavy atom. The Morgan fingerprint density at radius 1 is 1.55 bits per heavy atom. The first-order chi connectivity index (χ1) is 5.11. The largest absolute Gasteiger partial charge is 0.507 e. The van der Waals surface area contributed by atoms with Gasteiger partial charge in [-0.15, -0.1) is 0 Å². The highest BCUT2D eigenvalue weighted by Gasteiger charge is 2.04. The predicted molar refractivity (Wildman–Crippen MR) is 42.8 cm³/mol. The van der Waals surface area contributed by atoms with Crippen molar-refractivity contribution in [2.45, 2.75) is 19.8 Å². The number of aromatic hydroxyl groups is 1. The van der Waals surface area contributed by atoms with Gasteiger partial charge in [-0.25, -0.2) is 0 Å². The topological polar surface area (TPSA) is 53.1 Å². The SMILES string of the molecule is CC(C)c1c[nH]c(=O)cc1O. The molecule has 0 aromatic carbocycles. The zero-order valence-electron chi connectivity index (χ0n) is 6.59. The predicted octanol–water partition coefficient (Wildman–Crippen LogP) is 1.20. The third kappa shape index (κ3) is 1.61. The molecule has 0 atom stereocenters. The van der Waals surface area contributed by atoms with Gasteiger partial charge in [0.1, 0.15) is 5.75 Å². The van der Waals surface area contributed by atoms with Gasteiger partial charge in [0.05, 0.1) is 0 Å². The molecular formula is C8H11NO2. The van der Waals surface area contributed by atoms with Crippen molar-refractivity contribution in [1.82, 2.24) is 4.98 Å². The summed E-state index contributed by atoms with van der Waals surface area (Å²) in [4.78, 5) is 13.2. The molecule has 11 heavy (non-hydrogen) atoms. The number of aromatic amines is 1. The molecule has 0 aliphatic rings. The molecule has 0 saturated carbocycles. The lowest BCUT2D eigenvalue weighted by Gasteiger charge is -2.05. The fourth-order valence-electron chi connectivity index (χ4n) is 0.934. The van der Waals surface area contributed by atoms with E-state index in [1.165, 1.54) is 6.07 Å². The van der Waals surface area contributed by atoms with E-state index >= 15 is 0 Å². The maximum Gasteiger partial charge on any atom is 0.251 e. The summed E-state index contributed by atoms with van der Waals surface area (Å²) in [6.45, 7) is 3.90. The Balaban J connectivity index is 3.20. The van der Waals surface area contributed by atoms with Crippen LogP contribution in [0.2, 0.25) is 0 Å². The van der Waals surface area contributed by atoms with Crippen molar-refractivity contribution in [3.8, 4) is 5.75 Å². The molecule has 0 unspecified atom stereocenters. The van der Waals surface area contributed by atoms with Crippen molar-refractivity contribution in [1.29, 1.82) is 0 Å². The second-order valence-electron chi connectivity index (χ2n) is 2.79. The molecule has 3 heteroatoms. The smallest absolute Gasteiger partial charge is 0.251 e. The molecule has 0 fully saturated rings. The van der Waals surface area contributed by atoms with Gasteiger partial charge in [-0.2, -0.15) is 0 Å². The number of nitrogens with one attached hydrogen (secondary N) is 1. The summed E-state index contributed by atoms with van der Waals surface area (Å²) in [5.74, 6) is 0.301. The van der Waals surface area contributed by atoms with Gasteiger partial charge in [-0.1, -0.05) is 13.8 Å². The lowest BCUT2D eigenvalue weighted by molar-refractivity contribution is 0.463.